The summed E-state index contributed by atoms with van der Waals surface area (Å²) >= 11 is 6.20. The summed E-state index contributed by atoms with van der Waals surface area (Å²) in [5, 5.41) is 10.6. The summed E-state index contributed by atoms with van der Waals surface area (Å²) in [7, 11) is 3.39. The van der Waals surface area contributed by atoms with Crippen molar-refractivity contribution in [1.29, 1.82) is 0 Å². The lowest BCUT2D eigenvalue weighted by Crippen LogP contribution is -2.35. The fourth-order valence-corrected chi connectivity index (χ4v) is 3.70. The number of halogens is 1. The molecule has 9 heteroatoms. The molecule has 3 aromatic rings. The van der Waals surface area contributed by atoms with Crippen molar-refractivity contribution in [1.82, 2.24) is 20.0 Å². The number of hydrogen-bond acceptors (Lipinski definition) is 4. The van der Waals surface area contributed by atoms with Crippen LogP contribution >= 0.6 is 11.6 Å². The number of ether oxygens (including phenoxy) is 1. The molecule has 4 rings (SSSR count). The Hall–Kier alpha value is -3.52. The van der Waals surface area contributed by atoms with Crippen molar-refractivity contribution in [3.8, 4) is 11.4 Å². The molecule has 1 aliphatic heterocycles. The fraction of sp³-hybridized carbons (Fsp3) is 0.227. The molecule has 3 amide bonds. The quantitative estimate of drug-likeness (QED) is 0.645. The largest absolute Gasteiger partial charge is 0.492 e. The highest BCUT2D eigenvalue weighted by atomic mass is 35.5. The summed E-state index contributed by atoms with van der Waals surface area (Å²) in [6.07, 6.45) is 2.33. The summed E-state index contributed by atoms with van der Waals surface area (Å²) in [4.78, 5) is 26.5. The number of carbonyl (C=O) groups excluding carboxylic acids is 2. The molecule has 2 aromatic carbocycles. The second-order valence-corrected chi connectivity index (χ2v) is 7.72. The van der Waals surface area contributed by atoms with Gasteiger partial charge in [-0.25, -0.2) is 9.48 Å². The average Bonchev–Trinajstić information content (AvgIpc) is 3.22. The zero-order valence-corrected chi connectivity index (χ0v) is 17.9. The maximum atomic E-state index is 12.6. The van der Waals surface area contributed by atoms with Crippen LogP contribution in [0.1, 0.15) is 28.4 Å². The number of benzene rings is 2. The number of para-hydroxylation sites is 2. The molecule has 0 saturated carbocycles. The highest BCUT2D eigenvalue weighted by molar-refractivity contribution is 6.32. The van der Waals surface area contributed by atoms with E-state index >= 15 is 0 Å². The molecular weight excluding hydrogens is 418 g/mol. The number of hydrogen-bond donors (Lipinski definition) is 2. The van der Waals surface area contributed by atoms with Gasteiger partial charge in [-0.15, -0.1) is 5.10 Å². The molecule has 1 aliphatic rings. The van der Waals surface area contributed by atoms with Gasteiger partial charge in [-0.1, -0.05) is 35.9 Å². The molecule has 2 heterocycles. The summed E-state index contributed by atoms with van der Waals surface area (Å²) < 4.78 is 7.20. The smallest absolute Gasteiger partial charge is 0.320 e. The van der Waals surface area contributed by atoms with Crippen LogP contribution in [0.15, 0.2) is 54.7 Å². The van der Waals surface area contributed by atoms with E-state index in [0.29, 0.717) is 40.9 Å². The van der Waals surface area contributed by atoms with Gasteiger partial charge in [-0.2, -0.15) is 0 Å². The molecule has 1 atom stereocenters. The van der Waals surface area contributed by atoms with Crippen molar-refractivity contribution in [3.63, 3.8) is 0 Å². The first kappa shape index (κ1) is 20.7. The summed E-state index contributed by atoms with van der Waals surface area (Å²) in [6.45, 7) is 0.465. The van der Waals surface area contributed by atoms with Gasteiger partial charge in [0, 0.05) is 38.3 Å². The summed E-state index contributed by atoms with van der Waals surface area (Å²) in [6, 6.07) is 13.7. The number of aromatic nitrogens is 2. The Kier molecular flexibility index (Phi) is 5.81. The Morgan fingerprint density at radius 2 is 1.97 bits per heavy atom. The third-order valence-electron chi connectivity index (χ3n) is 4.95. The van der Waals surface area contributed by atoms with E-state index in [4.69, 9.17) is 16.3 Å². The van der Waals surface area contributed by atoms with E-state index in [0.717, 1.165) is 5.56 Å². The van der Waals surface area contributed by atoms with E-state index in [1.807, 2.05) is 18.2 Å². The van der Waals surface area contributed by atoms with Crippen molar-refractivity contribution in [2.45, 2.75) is 12.5 Å². The van der Waals surface area contributed by atoms with E-state index < -0.39 is 0 Å². The lowest BCUT2D eigenvalue weighted by molar-refractivity contribution is 0.0827. The molecule has 0 bridgehead atoms. The number of fused-ring (bicyclic) bond motifs is 1. The Morgan fingerprint density at radius 1 is 1.16 bits per heavy atom. The molecule has 0 spiro atoms. The van der Waals surface area contributed by atoms with Gasteiger partial charge in [0.25, 0.3) is 5.91 Å². The van der Waals surface area contributed by atoms with Crippen molar-refractivity contribution < 1.29 is 14.3 Å². The van der Waals surface area contributed by atoms with Gasteiger partial charge in [0.1, 0.15) is 5.75 Å². The van der Waals surface area contributed by atoms with Gasteiger partial charge in [0.2, 0.25) is 0 Å². The number of carbonyl (C=O) groups is 2. The zero-order valence-electron chi connectivity index (χ0n) is 17.1. The van der Waals surface area contributed by atoms with Crippen LogP contribution in [-0.2, 0) is 0 Å². The van der Waals surface area contributed by atoms with Crippen LogP contribution in [0, 0.1) is 0 Å². The number of nitrogens with zero attached hydrogens (tertiary/aromatic N) is 3. The first-order chi connectivity index (χ1) is 14.9. The van der Waals surface area contributed by atoms with Crippen molar-refractivity contribution in [2.75, 3.05) is 26.0 Å². The SMILES string of the molecule is CN(C)C(=O)c1ccccc1-n1ccc(NC(=O)N[C@H]2CCOc3c(Cl)cccc32)n1. The maximum absolute atomic E-state index is 12.6. The lowest BCUT2D eigenvalue weighted by Gasteiger charge is -2.27. The van der Waals surface area contributed by atoms with Crippen LogP contribution in [0.25, 0.3) is 5.69 Å². The minimum atomic E-state index is -0.388. The number of nitrogens with one attached hydrogen (secondary N) is 2. The van der Waals surface area contributed by atoms with E-state index in [-0.39, 0.29) is 18.0 Å². The number of urea groups is 1. The predicted octanol–water partition coefficient (Wildman–Crippen LogP) is 3.87. The molecule has 0 fully saturated rings. The van der Waals surface area contributed by atoms with Gasteiger partial charge in [-0.3, -0.25) is 10.1 Å². The van der Waals surface area contributed by atoms with Gasteiger partial charge in [0.05, 0.1) is 28.9 Å². The molecule has 1 aromatic heterocycles. The number of anilines is 1. The first-order valence-electron chi connectivity index (χ1n) is 9.79. The maximum Gasteiger partial charge on any atom is 0.320 e. The van der Waals surface area contributed by atoms with Gasteiger partial charge in [0.15, 0.2) is 5.82 Å². The van der Waals surface area contributed by atoms with Crippen LogP contribution in [0.2, 0.25) is 5.02 Å². The number of rotatable bonds is 4. The van der Waals surface area contributed by atoms with Crippen LogP contribution in [0.5, 0.6) is 5.75 Å². The summed E-state index contributed by atoms with van der Waals surface area (Å²) in [5.41, 5.74) is 1.99. The first-order valence-corrected chi connectivity index (χ1v) is 10.2. The molecule has 160 valence electrons. The molecule has 0 saturated heterocycles. The Labute approximate surface area is 184 Å². The van der Waals surface area contributed by atoms with Crippen LogP contribution in [-0.4, -0.2) is 47.3 Å². The molecule has 31 heavy (non-hydrogen) atoms. The Bertz CT molecular complexity index is 1130. The van der Waals surface area contributed by atoms with E-state index in [9.17, 15) is 9.59 Å². The van der Waals surface area contributed by atoms with E-state index in [1.54, 1.807) is 55.3 Å². The van der Waals surface area contributed by atoms with Crippen molar-refractivity contribution in [3.05, 3.63) is 70.9 Å². The third kappa shape index (κ3) is 4.34. The Balaban J connectivity index is 1.48. The summed E-state index contributed by atoms with van der Waals surface area (Å²) in [5.74, 6) is 0.838. The van der Waals surface area contributed by atoms with Crippen LogP contribution < -0.4 is 15.4 Å². The highest BCUT2D eigenvalue weighted by Gasteiger charge is 2.25. The van der Waals surface area contributed by atoms with Crippen LogP contribution in [0.4, 0.5) is 10.6 Å². The normalized spacial score (nSPS) is 14.9. The standard InChI is InChI=1S/C22H22ClN5O3/c1-27(2)21(29)15-6-3-4-9-18(15)28-12-10-19(26-28)25-22(30)24-17-11-13-31-20-14(17)7-5-8-16(20)23/h3-10,12,17H,11,13H2,1-2H3,(H2,24,25,26,30)/t17-/m0/s1. The van der Waals surface area contributed by atoms with E-state index in [1.165, 1.54) is 4.90 Å². The molecule has 0 radical (unpaired) electrons. The van der Waals surface area contributed by atoms with Crippen molar-refractivity contribution >= 4 is 29.4 Å². The molecule has 2 N–H and O–H groups in total. The minimum absolute atomic E-state index is 0.129. The topological polar surface area (TPSA) is 88.5 Å². The van der Waals surface area contributed by atoms with E-state index in [2.05, 4.69) is 15.7 Å². The third-order valence-corrected chi connectivity index (χ3v) is 5.25. The van der Waals surface area contributed by atoms with Crippen LogP contribution in [0.3, 0.4) is 0 Å². The van der Waals surface area contributed by atoms with Gasteiger partial charge in [-0.05, 0) is 18.2 Å². The van der Waals surface area contributed by atoms with Gasteiger partial charge >= 0.3 is 6.03 Å². The molecule has 8 nitrogen and oxygen atoms in total. The average molecular weight is 440 g/mol. The molecule has 0 unspecified atom stereocenters. The fourth-order valence-electron chi connectivity index (χ4n) is 3.47. The lowest BCUT2D eigenvalue weighted by atomic mass is 10.0. The zero-order chi connectivity index (χ0) is 22.0. The van der Waals surface area contributed by atoms with Gasteiger partial charge < -0.3 is 15.0 Å². The van der Waals surface area contributed by atoms with Crippen molar-refractivity contribution in [2.24, 2.45) is 0 Å². The molecule has 0 aliphatic carbocycles. The monoisotopic (exact) mass is 439 g/mol. The second kappa shape index (κ2) is 8.69. The molecular formula is C22H22ClN5O3. The minimum Gasteiger partial charge on any atom is -0.492 e. The Morgan fingerprint density at radius 3 is 2.77 bits per heavy atom. The second-order valence-electron chi connectivity index (χ2n) is 7.31. The predicted molar refractivity (Wildman–Crippen MR) is 118 cm³/mol. The highest BCUT2D eigenvalue weighted by Crippen LogP contribution is 2.37. The number of amides is 3.